The van der Waals surface area contributed by atoms with Crippen molar-refractivity contribution in [3.05, 3.63) is 231 Å². The summed E-state index contributed by atoms with van der Waals surface area (Å²) in [5, 5.41) is 9.41. The van der Waals surface area contributed by atoms with Crippen molar-refractivity contribution in [1.29, 1.82) is 0 Å². The van der Waals surface area contributed by atoms with E-state index < -0.39 is 8.07 Å². The lowest BCUT2D eigenvalue weighted by Gasteiger charge is -2.34. The molecule has 0 aliphatic heterocycles. The standard InChI is InChI=1S/C57H38N4OSi/c1-5-20-39(21-6-1)45-32-18-35-50-53(45)46-30-13-15-34-49(46)61(50)57-59-55(58-56(60-57)48-33-19-37-52-54(48)47-31-14-16-36-51(47)62-52)40-22-17-29-44(38-40)63(41-23-7-2-8-24-41,42-25-9-3-10-26-42)43-27-11-4-12-28-43/h1-38H. The third-order valence-electron chi connectivity index (χ3n) is 12.4. The number of fused-ring (bicyclic) bond motifs is 6. The van der Waals surface area contributed by atoms with E-state index in [9.17, 15) is 0 Å². The molecule has 0 unspecified atom stereocenters. The smallest absolute Gasteiger partial charge is 0.238 e. The topological polar surface area (TPSA) is 56.7 Å². The van der Waals surface area contributed by atoms with Crippen LogP contribution in [0, 0.1) is 0 Å². The molecule has 3 heterocycles. The molecule has 0 aliphatic carbocycles. The molecule has 12 rings (SSSR count). The minimum Gasteiger partial charge on any atom is -0.456 e. The molecule has 0 bridgehead atoms. The van der Waals surface area contributed by atoms with Crippen molar-refractivity contribution >= 4 is 72.6 Å². The van der Waals surface area contributed by atoms with Gasteiger partial charge in [-0.15, -0.1) is 0 Å². The minimum absolute atomic E-state index is 0.541. The summed E-state index contributed by atoms with van der Waals surface area (Å²) in [6.07, 6.45) is 0. The molecule has 63 heavy (non-hydrogen) atoms. The predicted octanol–water partition coefficient (Wildman–Crippen LogP) is 11.2. The fraction of sp³-hybridized carbons (Fsp3) is 0. The van der Waals surface area contributed by atoms with Crippen LogP contribution in [-0.2, 0) is 0 Å². The van der Waals surface area contributed by atoms with E-state index in [2.05, 4.69) is 211 Å². The Morgan fingerprint density at radius 3 is 1.57 bits per heavy atom. The number of benzene rings is 9. The third-order valence-corrected chi connectivity index (χ3v) is 17.2. The first kappa shape index (κ1) is 36.6. The summed E-state index contributed by atoms with van der Waals surface area (Å²) in [7, 11) is -2.87. The van der Waals surface area contributed by atoms with Gasteiger partial charge in [-0.2, -0.15) is 9.97 Å². The van der Waals surface area contributed by atoms with E-state index >= 15 is 0 Å². The third kappa shape index (κ3) is 5.95. The molecule has 0 spiro atoms. The Bertz CT molecular complexity index is 3530. The van der Waals surface area contributed by atoms with Gasteiger partial charge in [0.05, 0.1) is 11.0 Å². The van der Waals surface area contributed by atoms with Gasteiger partial charge < -0.3 is 4.42 Å². The van der Waals surface area contributed by atoms with Crippen molar-refractivity contribution < 1.29 is 4.42 Å². The summed E-state index contributed by atoms with van der Waals surface area (Å²) in [4.78, 5) is 16.3. The summed E-state index contributed by atoms with van der Waals surface area (Å²) in [6, 6.07) is 81.9. The Labute approximate surface area is 365 Å². The van der Waals surface area contributed by atoms with Gasteiger partial charge in [-0.25, -0.2) is 4.98 Å². The molecule has 0 atom stereocenters. The Morgan fingerprint density at radius 2 is 0.857 bits per heavy atom. The second-order valence-corrected chi connectivity index (χ2v) is 19.7. The molecule has 0 fully saturated rings. The Balaban J connectivity index is 1.16. The Morgan fingerprint density at radius 1 is 0.349 bits per heavy atom. The van der Waals surface area contributed by atoms with E-state index in [1.54, 1.807) is 0 Å². The second kappa shape index (κ2) is 15.1. The summed E-state index contributed by atoms with van der Waals surface area (Å²) in [6.45, 7) is 0. The summed E-state index contributed by atoms with van der Waals surface area (Å²) in [5.74, 6) is 1.70. The highest BCUT2D eigenvalue weighted by atomic mass is 28.3. The normalized spacial score (nSPS) is 11.8. The molecule has 0 radical (unpaired) electrons. The van der Waals surface area contributed by atoms with Crippen LogP contribution in [-0.4, -0.2) is 27.6 Å². The number of nitrogens with zero attached hydrogens (tertiary/aromatic N) is 4. The van der Waals surface area contributed by atoms with Gasteiger partial charge in [0.25, 0.3) is 0 Å². The lowest BCUT2D eigenvalue weighted by molar-refractivity contribution is 0.669. The molecule has 5 nitrogen and oxygen atoms in total. The Kier molecular flexibility index (Phi) is 8.76. The van der Waals surface area contributed by atoms with Gasteiger partial charge in [0.15, 0.2) is 19.7 Å². The van der Waals surface area contributed by atoms with E-state index in [4.69, 9.17) is 19.4 Å². The van der Waals surface area contributed by atoms with E-state index in [0.717, 1.165) is 66.0 Å². The zero-order valence-corrected chi connectivity index (χ0v) is 35.1. The summed E-state index contributed by atoms with van der Waals surface area (Å²) < 4.78 is 8.62. The highest BCUT2D eigenvalue weighted by Crippen LogP contribution is 2.40. The first-order valence-corrected chi connectivity index (χ1v) is 23.3. The molecule has 0 amide bonds. The zero-order chi connectivity index (χ0) is 41.7. The molecule has 12 aromatic rings. The predicted molar refractivity (Wildman–Crippen MR) is 261 cm³/mol. The molecular formula is C57H38N4OSi. The van der Waals surface area contributed by atoms with Crippen molar-refractivity contribution in [2.24, 2.45) is 0 Å². The van der Waals surface area contributed by atoms with E-state index in [1.165, 1.54) is 20.7 Å². The van der Waals surface area contributed by atoms with Crippen LogP contribution < -0.4 is 20.7 Å². The molecular weight excluding hydrogens is 785 g/mol. The van der Waals surface area contributed by atoms with Crippen LogP contribution in [0.3, 0.4) is 0 Å². The first-order valence-electron chi connectivity index (χ1n) is 21.3. The monoisotopic (exact) mass is 822 g/mol. The average Bonchev–Trinajstić information content (AvgIpc) is 3.92. The quantitative estimate of drug-likeness (QED) is 0.113. The second-order valence-electron chi connectivity index (χ2n) is 15.9. The van der Waals surface area contributed by atoms with Crippen LogP contribution in [0.15, 0.2) is 235 Å². The highest BCUT2D eigenvalue weighted by molar-refractivity contribution is 7.19. The maximum atomic E-state index is 6.41. The molecule has 0 N–H and O–H groups in total. The van der Waals surface area contributed by atoms with Gasteiger partial charge in [0.1, 0.15) is 11.2 Å². The fourth-order valence-corrected chi connectivity index (χ4v) is 14.5. The number of aromatic nitrogens is 4. The highest BCUT2D eigenvalue weighted by Gasteiger charge is 2.41. The van der Waals surface area contributed by atoms with Crippen molar-refractivity contribution in [2.45, 2.75) is 0 Å². The number of furan rings is 1. The van der Waals surface area contributed by atoms with Crippen LogP contribution in [0.1, 0.15) is 0 Å². The Hall–Kier alpha value is -8.19. The zero-order valence-electron chi connectivity index (χ0n) is 34.1. The first-order chi connectivity index (χ1) is 31.3. The van der Waals surface area contributed by atoms with Crippen molar-refractivity contribution in [1.82, 2.24) is 19.5 Å². The number of para-hydroxylation sites is 2. The molecule has 0 aliphatic rings. The van der Waals surface area contributed by atoms with Crippen LogP contribution in [0.4, 0.5) is 0 Å². The van der Waals surface area contributed by atoms with Gasteiger partial charge in [-0.1, -0.05) is 206 Å². The molecule has 9 aromatic carbocycles. The summed E-state index contributed by atoms with van der Waals surface area (Å²) in [5.41, 5.74) is 7.74. The fourth-order valence-electron chi connectivity index (χ4n) is 9.72. The number of hydrogen-bond acceptors (Lipinski definition) is 4. The maximum absolute atomic E-state index is 6.41. The number of hydrogen-bond donors (Lipinski definition) is 0. The molecule has 0 saturated carbocycles. The van der Waals surface area contributed by atoms with Crippen molar-refractivity contribution in [2.75, 3.05) is 0 Å². The van der Waals surface area contributed by atoms with E-state index in [1.807, 2.05) is 24.3 Å². The van der Waals surface area contributed by atoms with E-state index in [0.29, 0.717) is 17.6 Å². The van der Waals surface area contributed by atoms with Crippen LogP contribution in [0.5, 0.6) is 0 Å². The molecule has 6 heteroatoms. The lowest BCUT2D eigenvalue weighted by atomic mass is 9.99. The van der Waals surface area contributed by atoms with Crippen molar-refractivity contribution in [3.63, 3.8) is 0 Å². The lowest BCUT2D eigenvalue weighted by Crippen LogP contribution is -2.74. The minimum atomic E-state index is -2.87. The number of rotatable bonds is 8. The summed E-state index contributed by atoms with van der Waals surface area (Å²) >= 11 is 0. The molecule has 0 saturated heterocycles. The van der Waals surface area contributed by atoms with Gasteiger partial charge in [0.2, 0.25) is 5.95 Å². The largest absolute Gasteiger partial charge is 0.456 e. The van der Waals surface area contributed by atoms with Crippen LogP contribution in [0.2, 0.25) is 0 Å². The van der Waals surface area contributed by atoms with Crippen LogP contribution in [0.25, 0.3) is 83.6 Å². The van der Waals surface area contributed by atoms with Gasteiger partial charge >= 0.3 is 0 Å². The van der Waals surface area contributed by atoms with Gasteiger partial charge in [0, 0.05) is 32.7 Å². The maximum Gasteiger partial charge on any atom is 0.238 e. The SMILES string of the molecule is c1ccc(-c2cccc3c2c2ccccc2n3-c2nc(-c3cccc([Si](c4ccccc4)(c4ccccc4)c4ccccc4)c3)nc(-c3cccc4oc5ccccc5c34)n2)cc1. The van der Waals surface area contributed by atoms with Crippen molar-refractivity contribution in [3.8, 4) is 39.9 Å². The van der Waals surface area contributed by atoms with Crippen LogP contribution >= 0.6 is 0 Å². The molecule has 296 valence electrons. The average molecular weight is 823 g/mol. The van der Waals surface area contributed by atoms with Gasteiger partial charge in [-0.05, 0) is 56.1 Å². The van der Waals surface area contributed by atoms with E-state index in [-0.39, 0.29) is 0 Å². The molecule has 3 aromatic heterocycles. The van der Waals surface area contributed by atoms with Gasteiger partial charge in [-0.3, -0.25) is 4.57 Å².